The van der Waals surface area contributed by atoms with Gasteiger partial charge in [0.1, 0.15) is 5.52 Å². The second-order valence-electron chi connectivity index (χ2n) is 5.37. The zero-order chi connectivity index (χ0) is 14.9. The van der Waals surface area contributed by atoms with Crippen molar-refractivity contribution in [1.29, 1.82) is 0 Å². The Balaban J connectivity index is 1.53. The van der Waals surface area contributed by atoms with Crippen LogP contribution < -0.4 is 9.80 Å². The van der Waals surface area contributed by atoms with E-state index < -0.39 is 0 Å². The van der Waals surface area contributed by atoms with Gasteiger partial charge < -0.3 is 9.80 Å². The van der Waals surface area contributed by atoms with E-state index in [1.165, 1.54) is 5.69 Å². The summed E-state index contributed by atoms with van der Waals surface area (Å²) in [6.07, 6.45) is 5.52. The molecule has 6 heteroatoms. The first-order chi connectivity index (χ1) is 10.8. The highest BCUT2D eigenvalue weighted by atomic mass is 79.9. The molecular weight excluding hydrogens is 342 g/mol. The van der Waals surface area contributed by atoms with Crippen molar-refractivity contribution in [2.24, 2.45) is 0 Å². The number of rotatable bonds is 2. The van der Waals surface area contributed by atoms with E-state index in [0.717, 1.165) is 42.0 Å². The Hall–Kier alpha value is -2.08. The third kappa shape index (κ3) is 2.43. The summed E-state index contributed by atoms with van der Waals surface area (Å²) in [5.74, 6) is 1.02. The van der Waals surface area contributed by atoms with Crippen molar-refractivity contribution in [2.45, 2.75) is 0 Å². The average Bonchev–Trinajstić information content (AvgIpc) is 3.04. The minimum atomic E-state index is 0.963. The minimum absolute atomic E-state index is 0.963. The van der Waals surface area contributed by atoms with E-state index in [9.17, 15) is 0 Å². The van der Waals surface area contributed by atoms with Crippen LogP contribution >= 0.6 is 15.9 Å². The number of hydrogen-bond donors (Lipinski definition) is 0. The van der Waals surface area contributed by atoms with Crippen LogP contribution in [0.4, 0.5) is 11.5 Å². The molecule has 0 N–H and O–H groups in total. The van der Waals surface area contributed by atoms with E-state index in [2.05, 4.69) is 60.1 Å². The Kier molecular flexibility index (Phi) is 3.46. The van der Waals surface area contributed by atoms with Crippen molar-refractivity contribution in [2.75, 3.05) is 36.0 Å². The predicted octanol–water partition coefficient (Wildman–Crippen LogP) is 2.82. The fourth-order valence-electron chi connectivity index (χ4n) is 2.94. The molecular formula is C16H16BrN5. The molecule has 0 unspecified atom stereocenters. The molecule has 3 aromatic rings. The van der Waals surface area contributed by atoms with Gasteiger partial charge in [-0.2, -0.15) is 5.10 Å². The molecule has 0 bridgehead atoms. The van der Waals surface area contributed by atoms with Crippen molar-refractivity contribution in [3.8, 4) is 0 Å². The van der Waals surface area contributed by atoms with Gasteiger partial charge in [0.25, 0.3) is 0 Å². The summed E-state index contributed by atoms with van der Waals surface area (Å²) in [5, 5.41) is 4.28. The standard InChI is InChI=1S/C16H16BrN5/c17-13-2-1-3-14(12-13)20-8-10-21(11-9-20)16-15-4-5-19-22(15)7-6-18-16/h1-7,12H,8-11H2. The van der Waals surface area contributed by atoms with Gasteiger partial charge in [-0.05, 0) is 24.3 Å². The molecule has 1 aliphatic rings. The lowest BCUT2D eigenvalue weighted by Gasteiger charge is -2.36. The molecule has 0 saturated carbocycles. The molecule has 0 spiro atoms. The smallest absolute Gasteiger partial charge is 0.154 e. The van der Waals surface area contributed by atoms with E-state index in [1.807, 2.05) is 29.2 Å². The summed E-state index contributed by atoms with van der Waals surface area (Å²) in [4.78, 5) is 9.31. The van der Waals surface area contributed by atoms with E-state index in [-0.39, 0.29) is 0 Å². The van der Waals surface area contributed by atoms with Crippen molar-refractivity contribution < 1.29 is 0 Å². The van der Waals surface area contributed by atoms with Gasteiger partial charge in [0.15, 0.2) is 5.82 Å². The Morgan fingerprint density at radius 2 is 1.77 bits per heavy atom. The molecule has 0 radical (unpaired) electrons. The van der Waals surface area contributed by atoms with Gasteiger partial charge in [-0.25, -0.2) is 9.50 Å². The summed E-state index contributed by atoms with van der Waals surface area (Å²) >= 11 is 3.54. The van der Waals surface area contributed by atoms with Crippen molar-refractivity contribution >= 4 is 33.0 Å². The second kappa shape index (κ2) is 5.61. The van der Waals surface area contributed by atoms with Crippen molar-refractivity contribution in [1.82, 2.24) is 14.6 Å². The molecule has 1 saturated heterocycles. The van der Waals surface area contributed by atoms with Crippen LogP contribution in [-0.4, -0.2) is 40.8 Å². The quantitative estimate of drug-likeness (QED) is 0.706. The molecule has 4 rings (SSSR count). The van der Waals surface area contributed by atoms with Crippen LogP contribution in [0.1, 0.15) is 0 Å². The third-order valence-corrected chi connectivity index (χ3v) is 4.55. The van der Waals surface area contributed by atoms with Crippen LogP contribution in [0.25, 0.3) is 5.52 Å². The van der Waals surface area contributed by atoms with Gasteiger partial charge in [-0.3, -0.25) is 0 Å². The summed E-state index contributed by atoms with van der Waals surface area (Å²) in [6.45, 7) is 3.91. The molecule has 1 aliphatic heterocycles. The van der Waals surface area contributed by atoms with Crippen LogP contribution in [0.15, 0.2) is 53.4 Å². The lowest BCUT2D eigenvalue weighted by Crippen LogP contribution is -2.47. The van der Waals surface area contributed by atoms with Gasteiger partial charge in [0, 0.05) is 48.7 Å². The molecule has 0 atom stereocenters. The molecule has 0 aliphatic carbocycles. The number of benzene rings is 1. The maximum atomic E-state index is 4.55. The van der Waals surface area contributed by atoms with Crippen LogP contribution in [-0.2, 0) is 0 Å². The number of halogens is 1. The van der Waals surface area contributed by atoms with Gasteiger partial charge in [-0.1, -0.05) is 22.0 Å². The van der Waals surface area contributed by atoms with Gasteiger partial charge in [0.2, 0.25) is 0 Å². The third-order valence-electron chi connectivity index (χ3n) is 4.06. The molecule has 1 aromatic carbocycles. The van der Waals surface area contributed by atoms with Gasteiger partial charge >= 0.3 is 0 Å². The predicted molar refractivity (Wildman–Crippen MR) is 91.6 cm³/mol. The maximum Gasteiger partial charge on any atom is 0.154 e. The van der Waals surface area contributed by atoms with Crippen LogP contribution in [0.2, 0.25) is 0 Å². The fraction of sp³-hybridized carbons (Fsp3) is 0.250. The van der Waals surface area contributed by atoms with E-state index in [0.29, 0.717) is 0 Å². The largest absolute Gasteiger partial charge is 0.368 e. The average molecular weight is 358 g/mol. The van der Waals surface area contributed by atoms with Crippen LogP contribution in [0, 0.1) is 0 Å². The van der Waals surface area contributed by atoms with Crippen LogP contribution in [0.3, 0.4) is 0 Å². The number of fused-ring (bicyclic) bond motifs is 1. The molecule has 3 heterocycles. The summed E-state index contributed by atoms with van der Waals surface area (Å²) in [6, 6.07) is 10.5. The van der Waals surface area contributed by atoms with E-state index >= 15 is 0 Å². The van der Waals surface area contributed by atoms with Crippen molar-refractivity contribution in [3.05, 3.63) is 53.4 Å². The highest BCUT2D eigenvalue weighted by Gasteiger charge is 2.20. The molecule has 1 fully saturated rings. The second-order valence-corrected chi connectivity index (χ2v) is 6.28. The lowest BCUT2D eigenvalue weighted by molar-refractivity contribution is 0.647. The number of hydrogen-bond acceptors (Lipinski definition) is 4. The van der Waals surface area contributed by atoms with Gasteiger partial charge in [-0.15, -0.1) is 0 Å². The zero-order valence-electron chi connectivity index (χ0n) is 12.1. The first-order valence-electron chi connectivity index (χ1n) is 7.35. The number of piperazine rings is 1. The maximum absolute atomic E-state index is 4.55. The topological polar surface area (TPSA) is 36.7 Å². The highest BCUT2D eigenvalue weighted by molar-refractivity contribution is 9.10. The molecule has 112 valence electrons. The van der Waals surface area contributed by atoms with Crippen molar-refractivity contribution in [3.63, 3.8) is 0 Å². The summed E-state index contributed by atoms with van der Waals surface area (Å²) in [5.41, 5.74) is 2.34. The SMILES string of the molecule is Brc1cccc(N2CCN(c3nccn4nccc34)CC2)c1. The van der Waals surface area contributed by atoms with Gasteiger partial charge in [0.05, 0.1) is 6.20 Å². The number of aromatic nitrogens is 3. The fourth-order valence-corrected chi connectivity index (χ4v) is 3.32. The molecule has 0 amide bonds. The Labute approximate surface area is 137 Å². The summed E-state index contributed by atoms with van der Waals surface area (Å²) in [7, 11) is 0. The Bertz CT molecular complexity index is 792. The normalized spacial score (nSPS) is 15.5. The monoisotopic (exact) mass is 357 g/mol. The zero-order valence-corrected chi connectivity index (χ0v) is 13.6. The first-order valence-corrected chi connectivity index (χ1v) is 8.14. The first kappa shape index (κ1) is 13.6. The Morgan fingerprint density at radius 3 is 2.59 bits per heavy atom. The molecule has 2 aromatic heterocycles. The minimum Gasteiger partial charge on any atom is -0.368 e. The molecule has 5 nitrogen and oxygen atoms in total. The van der Waals surface area contributed by atoms with E-state index in [4.69, 9.17) is 0 Å². The summed E-state index contributed by atoms with van der Waals surface area (Å²) < 4.78 is 3.00. The van der Waals surface area contributed by atoms with E-state index in [1.54, 1.807) is 0 Å². The van der Waals surface area contributed by atoms with Crippen LogP contribution in [0.5, 0.6) is 0 Å². The highest BCUT2D eigenvalue weighted by Crippen LogP contribution is 2.24. The lowest BCUT2D eigenvalue weighted by atomic mass is 10.2. The number of nitrogens with zero attached hydrogens (tertiary/aromatic N) is 5. The molecule has 22 heavy (non-hydrogen) atoms. The Morgan fingerprint density at radius 1 is 0.955 bits per heavy atom. The number of anilines is 2.